The van der Waals surface area contributed by atoms with Gasteiger partial charge in [0, 0.05) is 0 Å². The molecule has 2 heteroatoms. The Hall–Kier alpha value is 0.436. The van der Waals surface area contributed by atoms with Crippen LogP contribution in [-0.4, -0.2) is 31.7 Å². The van der Waals surface area contributed by atoms with Gasteiger partial charge in [0.1, 0.15) is 0 Å². The average molecular weight is 255 g/mol. The van der Waals surface area contributed by atoms with Gasteiger partial charge in [0.2, 0.25) is 0 Å². The van der Waals surface area contributed by atoms with Crippen LogP contribution in [0.25, 0.3) is 0 Å². The maximum absolute atomic E-state index is 7.33. The molecule has 4 heavy (non-hydrogen) atoms. The van der Waals surface area contributed by atoms with E-state index in [-0.39, 0.29) is 26.6 Å². The fourth-order valence-electron chi connectivity index (χ4n) is 0. The predicted molar refractivity (Wildman–Crippen MR) is 21.4 cm³/mol. The quantitative estimate of drug-likeness (QED) is 0.593. The summed E-state index contributed by atoms with van der Waals surface area (Å²) in [5, 5.41) is 7.33. The summed E-state index contributed by atoms with van der Waals surface area (Å²) in [4.78, 5) is 0. The van der Waals surface area contributed by atoms with E-state index in [2.05, 4.69) is 6.58 Å². The predicted octanol–water partition coefficient (Wildman–Crippen LogP) is -0.228. The number of hydrogen-bond donors (Lipinski definition) is 1. The summed E-state index contributed by atoms with van der Waals surface area (Å²) in [5.41, 5.74) is 0. The molecule has 26 valence electrons. The summed E-state index contributed by atoms with van der Waals surface area (Å²) in [6.45, 7) is 2.92. The van der Waals surface area contributed by atoms with Crippen molar-refractivity contribution in [2.75, 3.05) is 0 Å². The zero-order chi connectivity index (χ0) is 2.71. The molecule has 0 spiro atoms. The van der Waals surface area contributed by atoms with E-state index in [0.717, 1.165) is 6.26 Å². The first-order valence-corrected chi connectivity index (χ1v) is 0.666. The Morgan fingerprint density at radius 2 is 1.75 bits per heavy atom. The number of aliphatic hydroxyl groups excluding tert-OH is 1. The molecule has 0 heterocycles. The molecule has 0 atom stereocenters. The van der Waals surface area contributed by atoms with Crippen LogP contribution in [0.1, 0.15) is 0 Å². The molecule has 1 nitrogen and oxygen atoms in total. The first-order chi connectivity index (χ1) is 1.41. The molecule has 1 N–H and O–H groups in total. The van der Waals surface area contributed by atoms with Crippen molar-refractivity contribution in [2.45, 2.75) is 0 Å². The number of hydrogen-bond acceptors (Lipinski definition) is 1. The van der Waals surface area contributed by atoms with Crippen LogP contribution in [-0.2, 0) is 0 Å². The van der Waals surface area contributed by atoms with Gasteiger partial charge >= 0.3 is 26.6 Å². The van der Waals surface area contributed by atoms with Gasteiger partial charge in [-0.1, -0.05) is 6.58 Å². The van der Waals surface area contributed by atoms with E-state index < -0.39 is 0 Å². The second kappa shape index (κ2) is 9.89. The van der Waals surface area contributed by atoms with Crippen LogP contribution in [0.15, 0.2) is 12.8 Å². The van der Waals surface area contributed by atoms with E-state index in [1.54, 1.807) is 0 Å². The SMILES string of the molecule is C=CO.[PoH2]. The van der Waals surface area contributed by atoms with Crippen LogP contribution in [0.3, 0.4) is 0 Å². The minimum absolute atomic E-state index is 0. The van der Waals surface area contributed by atoms with Crippen LogP contribution in [0, 0.1) is 0 Å². The monoisotopic (exact) mass is 255 g/mol. The van der Waals surface area contributed by atoms with Gasteiger partial charge in [0.05, 0.1) is 6.26 Å². The van der Waals surface area contributed by atoms with E-state index in [4.69, 9.17) is 5.11 Å². The molecule has 0 radical (unpaired) electrons. The van der Waals surface area contributed by atoms with E-state index >= 15 is 0 Å². The Labute approximate surface area is 44.8 Å². The molecule has 0 aromatic carbocycles. The molecule has 0 fully saturated rings. The fraction of sp³-hybridized carbons (Fsp3) is 0. The van der Waals surface area contributed by atoms with E-state index in [1.165, 1.54) is 0 Å². The van der Waals surface area contributed by atoms with Crippen LogP contribution >= 0.6 is 0 Å². The Bertz CT molecular complexity index is 13.5. The van der Waals surface area contributed by atoms with Gasteiger partial charge in [-0.25, -0.2) is 0 Å². The standard InChI is InChI=1S/C2H4O.Po.2H/c1-2-3;;;/h2-3H,1H2;;;. The summed E-state index contributed by atoms with van der Waals surface area (Å²) in [6, 6.07) is 0. The van der Waals surface area contributed by atoms with Crippen LogP contribution < -0.4 is 0 Å². The zero-order valence-corrected chi connectivity index (χ0v) is 6.12. The average Bonchev–Trinajstić information content (AvgIpc) is 0.918. The van der Waals surface area contributed by atoms with Crippen molar-refractivity contribution in [1.82, 2.24) is 0 Å². The van der Waals surface area contributed by atoms with Gasteiger partial charge in [-0.3, -0.25) is 0 Å². The van der Waals surface area contributed by atoms with Gasteiger partial charge in [0.15, 0.2) is 0 Å². The Morgan fingerprint density at radius 1 is 1.75 bits per heavy atom. The summed E-state index contributed by atoms with van der Waals surface area (Å²) < 4.78 is 0. The first-order valence-electron chi connectivity index (χ1n) is 0.666. The van der Waals surface area contributed by atoms with Crippen LogP contribution in [0.2, 0.25) is 0 Å². The van der Waals surface area contributed by atoms with Crippen LogP contribution in [0.5, 0.6) is 0 Å². The van der Waals surface area contributed by atoms with Gasteiger partial charge in [0.25, 0.3) is 0 Å². The van der Waals surface area contributed by atoms with Gasteiger partial charge in [-0.15, -0.1) is 0 Å². The molecular formula is C2H6OPo. The number of aliphatic hydroxyl groups is 1. The maximum atomic E-state index is 7.33. The molecule has 0 unspecified atom stereocenters. The van der Waals surface area contributed by atoms with Crippen molar-refractivity contribution in [2.24, 2.45) is 0 Å². The van der Waals surface area contributed by atoms with Crippen molar-refractivity contribution in [3.63, 3.8) is 0 Å². The van der Waals surface area contributed by atoms with Gasteiger partial charge < -0.3 is 5.11 Å². The Kier molecular flexibility index (Phi) is 21.8. The second-order valence-corrected chi connectivity index (χ2v) is 0.183. The number of rotatable bonds is 0. The van der Waals surface area contributed by atoms with Crippen molar-refractivity contribution < 1.29 is 5.11 Å². The fourth-order valence-corrected chi connectivity index (χ4v) is 0. The van der Waals surface area contributed by atoms with Crippen molar-refractivity contribution in [3.8, 4) is 0 Å². The molecule has 0 aliphatic heterocycles. The molecular weight excluding hydrogens is 249 g/mol. The van der Waals surface area contributed by atoms with Gasteiger partial charge in [-0.2, -0.15) is 0 Å². The van der Waals surface area contributed by atoms with E-state index in [0.29, 0.717) is 0 Å². The van der Waals surface area contributed by atoms with Gasteiger partial charge in [-0.05, 0) is 0 Å². The zero-order valence-electron chi connectivity index (χ0n) is 2.23. The summed E-state index contributed by atoms with van der Waals surface area (Å²) in [5.74, 6) is 0. The Balaban J connectivity index is 0. The second-order valence-electron chi connectivity index (χ2n) is 0.183. The summed E-state index contributed by atoms with van der Waals surface area (Å²) >= 11 is 0. The third-order valence-corrected chi connectivity index (χ3v) is 0. The van der Waals surface area contributed by atoms with Crippen molar-refractivity contribution >= 4 is 26.6 Å². The molecule has 0 aliphatic rings. The normalized spacial score (nSPS) is 3.00. The summed E-state index contributed by atoms with van der Waals surface area (Å²) in [6.07, 6.45) is 0.750. The molecule has 0 amide bonds. The van der Waals surface area contributed by atoms with Crippen molar-refractivity contribution in [1.29, 1.82) is 0 Å². The van der Waals surface area contributed by atoms with E-state index in [1.807, 2.05) is 0 Å². The topological polar surface area (TPSA) is 20.2 Å². The van der Waals surface area contributed by atoms with Crippen LogP contribution in [0.4, 0.5) is 0 Å². The molecule has 0 saturated heterocycles. The molecule has 0 aromatic heterocycles. The minimum atomic E-state index is 0. The molecule has 0 aromatic rings. The Morgan fingerprint density at radius 3 is 1.75 bits per heavy atom. The molecule has 0 bridgehead atoms. The first kappa shape index (κ1) is 8.83. The third-order valence-electron chi connectivity index (χ3n) is 0. The third kappa shape index (κ3) is 26.4. The molecule has 0 aliphatic carbocycles. The molecule has 0 rings (SSSR count). The van der Waals surface area contributed by atoms with Crippen molar-refractivity contribution in [3.05, 3.63) is 12.8 Å². The summed E-state index contributed by atoms with van der Waals surface area (Å²) in [7, 11) is 0. The van der Waals surface area contributed by atoms with E-state index in [9.17, 15) is 0 Å². The molecule has 0 saturated carbocycles.